The molecule has 0 aliphatic heterocycles. The quantitative estimate of drug-likeness (QED) is 0.892. The van der Waals surface area contributed by atoms with Crippen LogP contribution in [0, 0.1) is 0 Å². The Balaban J connectivity index is 2.18. The molecule has 0 atom stereocenters. The highest BCUT2D eigenvalue weighted by atomic mass is 79.9. The predicted octanol–water partition coefficient (Wildman–Crippen LogP) is 3.16. The number of aromatic carboxylic acids is 1. The molecule has 2 N–H and O–H groups in total. The zero-order chi connectivity index (χ0) is 14.0. The Labute approximate surface area is 119 Å². The third-order valence-electron chi connectivity index (χ3n) is 3.04. The number of urea groups is 1. The van der Waals surface area contributed by atoms with Gasteiger partial charge in [0.25, 0.3) is 0 Å². The molecule has 19 heavy (non-hydrogen) atoms. The summed E-state index contributed by atoms with van der Waals surface area (Å²) in [6.07, 6.45) is 2.04. The van der Waals surface area contributed by atoms with E-state index in [2.05, 4.69) is 21.2 Å². The van der Waals surface area contributed by atoms with E-state index in [4.69, 9.17) is 5.11 Å². The van der Waals surface area contributed by atoms with Gasteiger partial charge in [-0.1, -0.05) is 15.9 Å². The molecular formula is C13H15BrN2O3. The van der Waals surface area contributed by atoms with Gasteiger partial charge >= 0.3 is 12.0 Å². The minimum absolute atomic E-state index is 0.0783. The monoisotopic (exact) mass is 326 g/mol. The summed E-state index contributed by atoms with van der Waals surface area (Å²) in [6.45, 7) is 2.53. The number of nitrogens with zero attached hydrogens (tertiary/aromatic N) is 1. The van der Waals surface area contributed by atoms with Crippen molar-refractivity contribution in [2.75, 3.05) is 11.9 Å². The van der Waals surface area contributed by atoms with Crippen LogP contribution in [0.3, 0.4) is 0 Å². The molecule has 102 valence electrons. The van der Waals surface area contributed by atoms with Crippen LogP contribution in [0.25, 0.3) is 0 Å². The Morgan fingerprint density at radius 1 is 1.47 bits per heavy atom. The zero-order valence-corrected chi connectivity index (χ0v) is 12.1. The normalized spacial score (nSPS) is 14.0. The first-order valence-electron chi connectivity index (χ1n) is 6.13. The molecule has 0 aromatic heterocycles. The highest BCUT2D eigenvalue weighted by Crippen LogP contribution is 2.28. The molecule has 1 aliphatic carbocycles. The number of hydrogen-bond acceptors (Lipinski definition) is 2. The average molecular weight is 327 g/mol. The van der Waals surface area contributed by atoms with Crippen molar-refractivity contribution in [3.63, 3.8) is 0 Å². The number of halogens is 1. The maximum atomic E-state index is 12.1. The second kappa shape index (κ2) is 5.61. The van der Waals surface area contributed by atoms with Crippen molar-refractivity contribution in [1.82, 2.24) is 4.90 Å². The van der Waals surface area contributed by atoms with E-state index in [-0.39, 0.29) is 11.6 Å². The second-order valence-corrected chi connectivity index (χ2v) is 5.36. The minimum Gasteiger partial charge on any atom is -0.478 e. The minimum atomic E-state index is -1.06. The fraction of sp³-hybridized carbons (Fsp3) is 0.385. The molecule has 6 heteroatoms. The molecule has 5 nitrogen and oxygen atoms in total. The predicted molar refractivity (Wildman–Crippen MR) is 75.5 cm³/mol. The third-order valence-corrected chi connectivity index (χ3v) is 3.54. The van der Waals surface area contributed by atoms with Crippen molar-refractivity contribution >= 4 is 33.6 Å². The second-order valence-electron chi connectivity index (χ2n) is 4.44. The summed E-state index contributed by atoms with van der Waals surface area (Å²) in [4.78, 5) is 25.0. The van der Waals surface area contributed by atoms with Crippen LogP contribution in [-0.4, -0.2) is 34.6 Å². The van der Waals surface area contributed by atoms with Gasteiger partial charge < -0.3 is 15.3 Å². The lowest BCUT2D eigenvalue weighted by Gasteiger charge is -2.21. The number of nitrogens with one attached hydrogen (secondary N) is 1. The molecule has 1 aromatic rings. The van der Waals surface area contributed by atoms with Gasteiger partial charge in [0.2, 0.25) is 0 Å². The molecule has 0 saturated heterocycles. The molecule has 1 saturated carbocycles. The molecule has 1 fully saturated rings. The standard InChI is InChI=1S/C13H15BrN2O3/c1-2-16(9-4-5-9)13(19)15-11-6-3-8(14)7-10(11)12(17)18/h3,6-7,9H,2,4-5H2,1H3,(H,15,19)(H,17,18). The number of carboxylic acid groups (broad SMARTS) is 1. The van der Waals surface area contributed by atoms with Crippen molar-refractivity contribution in [2.45, 2.75) is 25.8 Å². The first-order chi connectivity index (χ1) is 9.02. The highest BCUT2D eigenvalue weighted by molar-refractivity contribution is 9.10. The maximum absolute atomic E-state index is 12.1. The van der Waals surface area contributed by atoms with Gasteiger partial charge in [0.05, 0.1) is 11.3 Å². The van der Waals surface area contributed by atoms with Gasteiger partial charge in [-0.3, -0.25) is 0 Å². The van der Waals surface area contributed by atoms with Gasteiger partial charge in [0, 0.05) is 17.1 Å². The van der Waals surface area contributed by atoms with Crippen LogP contribution >= 0.6 is 15.9 Å². The van der Waals surface area contributed by atoms with E-state index < -0.39 is 5.97 Å². The SMILES string of the molecule is CCN(C(=O)Nc1ccc(Br)cc1C(=O)O)C1CC1. The summed E-state index contributed by atoms with van der Waals surface area (Å²) in [5, 5.41) is 11.8. The maximum Gasteiger partial charge on any atom is 0.337 e. The first-order valence-corrected chi connectivity index (χ1v) is 6.92. The summed E-state index contributed by atoms with van der Waals surface area (Å²) in [5.41, 5.74) is 0.398. The molecule has 0 radical (unpaired) electrons. The molecular weight excluding hydrogens is 312 g/mol. The van der Waals surface area contributed by atoms with Gasteiger partial charge in [0.1, 0.15) is 0 Å². The molecule has 0 spiro atoms. The largest absolute Gasteiger partial charge is 0.478 e. The summed E-state index contributed by atoms with van der Waals surface area (Å²) >= 11 is 3.22. The van der Waals surface area contributed by atoms with Gasteiger partial charge in [-0.05, 0) is 38.0 Å². The molecule has 0 heterocycles. The van der Waals surface area contributed by atoms with Crippen molar-refractivity contribution in [3.8, 4) is 0 Å². The Hall–Kier alpha value is -1.56. The Morgan fingerprint density at radius 2 is 2.16 bits per heavy atom. The van der Waals surface area contributed by atoms with Crippen LogP contribution in [0.15, 0.2) is 22.7 Å². The van der Waals surface area contributed by atoms with Crippen molar-refractivity contribution in [3.05, 3.63) is 28.2 Å². The van der Waals surface area contributed by atoms with E-state index in [0.717, 1.165) is 12.8 Å². The summed E-state index contributed by atoms with van der Waals surface area (Å²) in [6, 6.07) is 4.83. The number of carboxylic acids is 1. The van der Waals surface area contributed by atoms with Crippen molar-refractivity contribution in [2.24, 2.45) is 0 Å². The number of carbonyl (C=O) groups excluding carboxylic acids is 1. The molecule has 2 rings (SSSR count). The number of anilines is 1. The Bertz CT molecular complexity index is 515. The smallest absolute Gasteiger partial charge is 0.337 e. The number of carbonyl (C=O) groups is 2. The average Bonchev–Trinajstić information content (AvgIpc) is 3.16. The van der Waals surface area contributed by atoms with Crippen LogP contribution in [0.4, 0.5) is 10.5 Å². The van der Waals surface area contributed by atoms with E-state index in [0.29, 0.717) is 22.7 Å². The van der Waals surface area contributed by atoms with Gasteiger partial charge in [-0.15, -0.1) is 0 Å². The fourth-order valence-electron chi connectivity index (χ4n) is 1.94. The van der Waals surface area contributed by atoms with Crippen molar-refractivity contribution < 1.29 is 14.7 Å². The van der Waals surface area contributed by atoms with Crippen LogP contribution in [0.1, 0.15) is 30.1 Å². The third kappa shape index (κ3) is 3.26. The van der Waals surface area contributed by atoms with Crippen LogP contribution in [0.5, 0.6) is 0 Å². The van der Waals surface area contributed by atoms with Crippen LogP contribution in [0.2, 0.25) is 0 Å². The molecule has 1 aliphatic rings. The first kappa shape index (κ1) is 13.9. The molecule has 0 unspecified atom stereocenters. The van der Waals surface area contributed by atoms with Gasteiger partial charge in [0.15, 0.2) is 0 Å². The summed E-state index contributed by atoms with van der Waals surface area (Å²) in [7, 11) is 0. The van der Waals surface area contributed by atoms with Crippen LogP contribution < -0.4 is 5.32 Å². The molecule has 2 amide bonds. The number of rotatable bonds is 4. The van der Waals surface area contributed by atoms with E-state index in [1.165, 1.54) is 6.07 Å². The number of benzene rings is 1. The van der Waals surface area contributed by atoms with Gasteiger partial charge in [-0.25, -0.2) is 9.59 Å². The van der Waals surface area contributed by atoms with E-state index in [9.17, 15) is 9.59 Å². The molecule has 0 bridgehead atoms. The topological polar surface area (TPSA) is 69.6 Å². The summed E-state index contributed by atoms with van der Waals surface area (Å²) in [5.74, 6) is -1.06. The van der Waals surface area contributed by atoms with Gasteiger partial charge in [-0.2, -0.15) is 0 Å². The van der Waals surface area contributed by atoms with E-state index >= 15 is 0 Å². The summed E-state index contributed by atoms with van der Waals surface area (Å²) < 4.78 is 0.664. The van der Waals surface area contributed by atoms with E-state index in [1.807, 2.05) is 6.92 Å². The zero-order valence-electron chi connectivity index (χ0n) is 10.5. The lowest BCUT2D eigenvalue weighted by molar-refractivity contribution is 0.0698. The van der Waals surface area contributed by atoms with Crippen molar-refractivity contribution in [1.29, 1.82) is 0 Å². The van der Waals surface area contributed by atoms with E-state index in [1.54, 1.807) is 17.0 Å². The Morgan fingerprint density at radius 3 is 2.68 bits per heavy atom. The Kier molecular flexibility index (Phi) is 4.09. The fourth-order valence-corrected chi connectivity index (χ4v) is 2.30. The van der Waals surface area contributed by atoms with Crippen LogP contribution in [-0.2, 0) is 0 Å². The highest BCUT2D eigenvalue weighted by Gasteiger charge is 2.31. The number of amides is 2. The molecule has 1 aromatic carbocycles. The number of hydrogen-bond donors (Lipinski definition) is 2. The lowest BCUT2D eigenvalue weighted by Crippen LogP contribution is -2.36. The lowest BCUT2D eigenvalue weighted by atomic mass is 10.2.